The molecular weight excluding hydrogens is 292 g/mol. The zero-order valence-electron chi connectivity index (χ0n) is 11.7. The maximum Gasteiger partial charge on any atom is 0.311 e. The minimum Gasteiger partial charge on any atom is -0.450 e. The third-order valence-electron chi connectivity index (χ3n) is 3.16. The zero-order valence-corrected chi connectivity index (χ0v) is 12.4. The van der Waals surface area contributed by atoms with E-state index in [-0.39, 0.29) is 17.5 Å². The van der Waals surface area contributed by atoms with Crippen LogP contribution in [-0.2, 0) is 0 Å². The summed E-state index contributed by atoms with van der Waals surface area (Å²) in [6.07, 6.45) is 0. The van der Waals surface area contributed by atoms with Crippen LogP contribution in [0, 0.1) is 10.1 Å². The van der Waals surface area contributed by atoms with Gasteiger partial charge in [0.2, 0.25) is 5.75 Å². The molecule has 0 fully saturated rings. The summed E-state index contributed by atoms with van der Waals surface area (Å²) in [4.78, 5) is 10.6. The zero-order chi connectivity index (χ0) is 15.4. The fourth-order valence-corrected chi connectivity index (χ4v) is 2.09. The molecule has 0 aliphatic carbocycles. The average molecular weight is 307 g/mol. The van der Waals surface area contributed by atoms with Gasteiger partial charge in [-0.05, 0) is 26.1 Å². The van der Waals surface area contributed by atoms with Gasteiger partial charge >= 0.3 is 5.69 Å². The number of halogens is 1. The van der Waals surface area contributed by atoms with Gasteiger partial charge in [0.1, 0.15) is 5.75 Å². The molecule has 5 nitrogen and oxygen atoms in total. The van der Waals surface area contributed by atoms with Crippen molar-refractivity contribution in [3.05, 3.63) is 63.2 Å². The Labute approximate surface area is 127 Å². The first-order valence-corrected chi connectivity index (χ1v) is 6.78. The van der Waals surface area contributed by atoms with Gasteiger partial charge in [0.15, 0.2) is 0 Å². The lowest BCUT2D eigenvalue weighted by Crippen LogP contribution is -2.13. The largest absolute Gasteiger partial charge is 0.450 e. The highest BCUT2D eigenvalue weighted by Crippen LogP contribution is 2.36. The first kappa shape index (κ1) is 15.3. The Morgan fingerprint density at radius 3 is 2.62 bits per heavy atom. The third-order valence-corrected chi connectivity index (χ3v) is 3.39. The van der Waals surface area contributed by atoms with Crippen LogP contribution >= 0.6 is 11.6 Å². The highest BCUT2D eigenvalue weighted by atomic mass is 35.5. The van der Waals surface area contributed by atoms with E-state index in [2.05, 4.69) is 5.32 Å². The fraction of sp³-hybridized carbons (Fsp3) is 0.200. The van der Waals surface area contributed by atoms with E-state index < -0.39 is 4.92 Å². The lowest BCUT2D eigenvalue weighted by Gasteiger charge is -2.16. The Morgan fingerprint density at radius 2 is 1.95 bits per heavy atom. The molecule has 0 heterocycles. The number of nitro groups is 1. The van der Waals surface area contributed by atoms with Gasteiger partial charge < -0.3 is 10.1 Å². The van der Waals surface area contributed by atoms with Gasteiger partial charge in [-0.15, -0.1) is 0 Å². The highest BCUT2D eigenvalue weighted by Gasteiger charge is 2.18. The summed E-state index contributed by atoms with van der Waals surface area (Å²) in [7, 11) is 1.84. The van der Waals surface area contributed by atoms with Crippen molar-refractivity contribution >= 4 is 17.3 Å². The molecule has 110 valence electrons. The first-order valence-electron chi connectivity index (χ1n) is 6.41. The van der Waals surface area contributed by atoms with E-state index in [4.69, 9.17) is 16.3 Å². The quantitative estimate of drug-likeness (QED) is 0.660. The van der Waals surface area contributed by atoms with Crippen LogP contribution in [0.25, 0.3) is 0 Å². The summed E-state index contributed by atoms with van der Waals surface area (Å²) >= 11 is 5.90. The molecule has 0 saturated carbocycles. The van der Waals surface area contributed by atoms with Gasteiger partial charge in [0, 0.05) is 28.8 Å². The van der Waals surface area contributed by atoms with E-state index in [1.54, 1.807) is 6.07 Å². The minimum absolute atomic E-state index is 0.0550. The van der Waals surface area contributed by atoms with Crippen molar-refractivity contribution in [3.8, 4) is 11.5 Å². The number of nitrogens with one attached hydrogen (secondary N) is 1. The van der Waals surface area contributed by atoms with Crippen LogP contribution in [0.4, 0.5) is 5.69 Å². The van der Waals surface area contributed by atoms with E-state index >= 15 is 0 Å². The summed E-state index contributed by atoms with van der Waals surface area (Å²) in [5, 5.41) is 14.6. The van der Waals surface area contributed by atoms with Gasteiger partial charge in [0.25, 0.3) is 0 Å². The third kappa shape index (κ3) is 3.51. The second-order valence-corrected chi connectivity index (χ2v) is 4.96. The number of hydrogen-bond acceptors (Lipinski definition) is 4. The molecule has 0 spiro atoms. The molecule has 0 aliphatic rings. The van der Waals surface area contributed by atoms with E-state index in [0.717, 1.165) is 5.56 Å². The summed E-state index contributed by atoms with van der Waals surface area (Å²) < 4.78 is 5.74. The second kappa shape index (κ2) is 6.56. The molecule has 1 atom stereocenters. The second-order valence-electron chi connectivity index (χ2n) is 4.52. The van der Waals surface area contributed by atoms with E-state index in [1.165, 1.54) is 18.2 Å². The molecule has 6 heteroatoms. The Morgan fingerprint density at radius 1 is 1.24 bits per heavy atom. The Kier molecular flexibility index (Phi) is 4.77. The van der Waals surface area contributed by atoms with Crippen LogP contribution in [0.2, 0.25) is 5.02 Å². The number of nitro benzene ring substituents is 1. The van der Waals surface area contributed by atoms with Crippen molar-refractivity contribution in [2.45, 2.75) is 13.0 Å². The number of para-hydroxylation sites is 1. The highest BCUT2D eigenvalue weighted by molar-refractivity contribution is 6.30. The van der Waals surface area contributed by atoms with E-state index in [1.807, 2.05) is 32.2 Å². The molecule has 0 radical (unpaired) electrons. The molecule has 2 rings (SSSR count). The van der Waals surface area contributed by atoms with Crippen LogP contribution in [0.15, 0.2) is 42.5 Å². The average Bonchev–Trinajstić information content (AvgIpc) is 2.47. The van der Waals surface area contributed by atoms with Crippen LogP contribution in [-0.4, -0.2) is 12.0 Å². The Hall–Kier alpha value is -2.11. The number of rotatable bonds is 5. The predicted octanol–water partition coefficient (Wildman–Crippen LogP) is 4.32. The van der Waals surface area contributed by atoms with E-state index in [0.29, 0.717) is 10.8 Å². The summed E-state index contributed by atoms with van der Waals surface area (Å²) in [6.45, 7) is 1.98. The molecule has 0 aromatic heterocycles. The van der Waals surface area contributed by atoms with Gasteiger partial charge in [-0.3, -0.25) is 10.1 Å². The molecule has 0 amide bonds. The molecule has 0 saturated heterocycles. The normalized spacial score (nSPS) is 12.0. The lowest BCUT2D eigenvalue weighted by atomic mass is 10.1. The minimum atomic E-state index is -0.490. The van der Waals surface area contributed by atoms with Crippen molar-refractivity contribution in [1.29, 1.82) is 0 Å². The van der Waals surface area contributed by atoms with Crippen molar-refractivity contribution in [3.63, 3.8) is 0 Å². The monoisotopic (exact) mass is 306 g/mol. The smallest absolute Gasteiger partial charge is 0.311 e. The molecule has 2 aromatic rings. The number of ether oxygens (including phenoxy) is 1. The maximum atomic E-state index is 11.1. The first-order chi connectivity index (χ1) is 10.0. The van der Waals surface area contributed by atoms with Crippen LogP contribution in [0.3, 0.4) is 0 Å². The van der Waals surface area contributed by atoms with Gasteiger partial charge in [-0.25, -0.2) is 0 Å². The molecule has 21 heavy (non-hydrogen) atoms. The van der Waals surface area contributed by atoms with Gasteiger partial charge in [-0.2, -0.15) is 0 Å². The van der Waals surface area contributed by atoms with Crippen LogP contribution in [0.5, 0.6) is 11.5 Å². The standard InChI is InChI=1S/C15H15ClN2O3/c1-10(17-2)12-5-3-4-6-14(12)21-15-9-11(16)7-8-13(15)18(19)20/h3-10,17H,1-2H3. The summed E-state index contributed by atoms with van der Waals surface area (Å²) in [5.41, 5.74) is 0.792. The molecule has 1 N–H and O–H groups in total. The van der Waals surface area contributed by atoms with Crippen molar-refractivity contribution < 1.29 is 9.66 Å². The molecule has 2 aromatic carbocycles. The number of benzene rings is 2. The molecule has 1 unspecified atom stereocenters. The SMILES string of the molecule is CNC(C)c1ccccc1Oc1cc(Cl)ccc1[N+](=O)[O-]. The number of hydrogen-bond donors (Lipinski definition) is 1. The van der Waals surface area contributed by atoms with Crippen molar-refractivity contribution in [1.82, 2.24) is 5.32 Å². The summed E-state index contributed by atoms with van der Waals surface area (Å²) in [6, 6.07) is 11.7. The summed E-state index contributed by atoms with van der Waals surface area (Å²) in [5.74, 6) is 0.688. The molecular formula is C15H15ClN2O3. The predicted molar refractivity (Wildman–Crippen MR) is 82.1 cm³/mol. The molecule has 0 aliphatic heterocycles. The van der Waals surface area contributed by atoms with E-state index in [9.17, 15) is 10.1 Å². The van der Waals surface area contributed by atoms with Crippen molar-refractivity contribution in [2.24, 2.45) is 0 Å². The lowest BCUT2D eigenvalue weighted by molar-refractivity contribution is -0.385. The fourth-order valence-electron chi connectivity index (χ4n) is 1.93. The van der Waals surface area contributed by atoms with Crippen LogP contribution < -0.4 is 10.1 Å². The van der Waals surface area contributed by atoms with Gasteiger partial charge in [0.05, 0.1) is 4.92 Å². The van der Waals surface area contributed by atoms with Crippen LogP contribution in [0.1, 0.15) is 18.5 Å². The Balaban J connectivity index is 2.43. The Bertz CT molecular complexity index is 661. The van der Waals surface area contributed by atoms with Crippen molar-refractivity contribution in [2.75, 3.05) is 7.05 Å². The number of nitrogens with zero attached hydrogens (tertiary/aromatic N) is 1. The van der Waals surface area contributed by atoms with Gasteiger partial charge in [-0.1, -0.05) is 29.8 Å². The molecule has 0 bridgehead atoms. The topological polar surface area (TPSA) is 64.4 Å². The maximum absolute atomic E-state index is 11.1.